The Hall–Kier alpha value is -2.34. The van der Waals surface area contributed by atoms with Crippen molar-refractivity contribution >= 4 is 23.3 Å². The van der Waals surface area contributed by atoms with Crippen LogP contribution in [0.5, 0.6) is 5.88 Å². The van der Waals surface area contributed by atoms with E-state index in [0.717, 1.165) is 12.8 Å². The third-order valence-electron chi connectivity index (χ3n) is 4.09. The second-order valence-electron chi connectivity index (χ2n) is 6.22. The van der Waals surface area contributed by atoms with Crippen LogP contribution in [0.15, 0.2) is 36.7 Å². The Bertz CT molecular complexity index is 753. The fourth-order valence-electron chi connectivity index (χ4n) is 2.89. The maximum atomic E-state index is 12.7. The Balaban J connectivity index is 1.70. The van der Waals surface area contributed by atoms with Gasteiger partial charge in [-0.2, -0.15) is 0 Å². The first-order valence-corrected chi connectivity index (χ1v) is 8.62. The molecule has 0 saturated carbocycles. The van der Waals surface area contributed by atoms with E-state index in [1.807, 2.05) is 23.9 Å². The van der Waals surface area contributed by atoms with Crippen LogP contribution in [0.25, 0.3) is 0 Å². The van der Waals surface area contributed by atoms with Crippen molar-refractivity contribution in [2.75, 3.05) is 32.1 Å². The lowest BCUT2D eigenvalue weighted by Crippen LogP contribution is -2.44. The standard InChI is InChI=1S/C18H21ClN4O2/c1-22(2)16-17(21-9-8-20-16)25-15-7-4-10-23(12-15)18(24)13-5-3-6-14(19)11-13/h3,5-6,8-9,11,15H,4,7,10,12H2,1-2H3. The summed E-state index contributed by atoms with van der Waals surface area (Å²) in [6, 6.07) is 7.03. The Kier molecular flexibility index (Phi) is 5.38. The molecule has 1 aromatic carbocycles. The highest BCUT2D eigenvalue weighted by Crippen LogP contribution is 2.25. The van der Waals surface area contributed by atoms with Crippen LogP contribution in [0.4, 0.5) is 5.82 Å². The molecule has 0 spiro atoms. The van der Waals surface area contributed by atoms with Crippen LogP contribution in [-0.4, -0.2) is 54.1 Å². The molecule has 1 saturated heterocycles. The van der Waals surface area contributed by atoms with E-state index >= 15 is 0 Å². The van der Waals surface area contributed by atoms with Crippen molar-refractivity contribution in [1.82, 2.24) is 14.9 Å². The van der Waals surface area contributed by atoms with Gasteiger partial charge < -0.3 is 14.5 Å². The number of aromatic nitrogens is 2. The minimum Gasteiger partial charge on any atom is -0.470 e. The number of piperidine rings is 1. The summed E-state index contributed by atoms with van der Waals surface area (Å²) in [5, 5.41) is 0.561. The number of likely N-dealkylation sites (tertiary alicyclic amines) is 1. The van der Waals surface area contributed by atoms with Gasteiger partial charge in [0, 0.05) is 43.6 Å². The quantitative estimate of drug-likeness (QED) is 0.839. The molecular weight excluding hydrogens is 340 g/mol. The lowest BCUT2D eigenvalue weighted by Gasteiger charge is -2.33. The van der Waals surface area contributed by atoms with Gasteiger partial charge >= 0.3 is 0 Å². The van der Waals surface area contributed by atoms with Gasteiger partial charge in [0.05, 0.1) is 6.54 Å². The number of nitrogens with zero attached hydrogens (tertiary/aromatic N) is 4. The molecule has 1 aliphatic heterocycles. The summed E-state index contributed by atoms with van der Waals surface area (Å²) in [6.07, 6.45) is 4.90. The molecule has 25 heavy (non-hydrogen) atoms. The zero-order valence-electron chi connectivity index (χ0n) is 14.4. The van der Waals surface area contributed by atoms with Crippen molar-refractivity contribution in [3.8, 4) is 5.88 Å². The van der Waals surface area contributed by atoms with Crippen LogP contribution in [0.3, 0.4) is 0 Å². The van der Waals surface area contributed by atoms with Crippen molar-refractivity contribution in [2.45, 2.75) is 18.9 Å². The zero-order valence-corrected chi connectivity index (χ0v) is 15.1. The van der Waals surface area contributed by atoms with Crippen LogP contribution in [0, 0.1) is 0 Å². The number of benzene rings is 1. The normalized spacial score (nSPS) is 17.2. The number of carbonyl (C=O) groups is 1. The Morgan fingerprint density at radius 1 is 1.32 bits per heavy atom. The third kappa shape index (κ3) is 4.20. The predicted molar refractivity (Wildman–Crippen MR) is 97.4 cm³/mol. The Labute approximate surface area is 152 Å². The van der Waals surface area contributed by atoms with Gasteiger partial charge in [-0.1, -0.05) is 17.7 Å². The third-order valence-corrected chi connectivity index (χ3v) is 4.32. The monoisotopic (exact) mass is 360 g/mol. The highest BCUT2D eigenvalue weighted by molar-refractivity contribution is 6.30. The van der Waals surface area contributed by atoms with Gasteiger partial charge in [0.15, 0.2) is 5.82 Å². The van der Waals surface area contributed by atoms with E-state index in [-0.39, 0.29) is 12.0 Å². The molecule has 0 aliphatic carbocycles. The number of amides is 1. The second-order valence-corrected chi connectivity index (χ2v) is 6.66. The average molecular weight is 361 g/mol. The minimum absolute atomic E-state index is 0.0252. The van der Waals surface area contributed by atoms with E-state index in [1.54, 1.807) is 36.7 Å². The lowest BCUT2D eigenvalue weighted by atomic mass is 10.1. The number of halogens is 1. The molecule has 1 fully saturated rings. The van der Waals surface area contributed by atoms with Crippen molar-refractivity contribution in [1.29, 1.82) is 0 Å². The van der Waals surface area contributed by atoms with E-state index in [0.29, 0.717) is 35.4 Å². The van der Waals surface area contributed by atoms with Gasteiger partial charge in [0.2, 0.25) is 0 Å². The molecule has 0 bridgehead atoms. The smallest absolute Gasteiger partial charge is 0.257 e. The van der Waals surface area contributed by atoms with E-state index in [1.165, 1.54) is 0 Å². The number of hydrogen-bond donors (Lipinski definition) is 0. The highest BCUT2D eigenvalue weighted by Gasteiger charge is 2.27. The maximum absolute atomic E-state index is 12.7. The summed E-state index contributed by atoms with van der Waals surface area (Å²) in [5.41, 5.74) is 0.599. The van der Waals surface area contributed by atoms with Gasteiger partial charge in [0.25, 0.3) is 11.8 Å². The molecule has 0 radical (unpaired) electrons. The summed E-state index contributed by atoms with van der Waals surface area (Å²) in [6.45, 7) is 1.24. The lowest BCUT2D eigenvalue weighted by molar-refractivity contribution is 0.0528. The number of ether oxygens (including phenoxy) is 1. The van der Waals surface area contributed by atoms with Gasteiger partial charge in [-0.25, -0.2) is 9.97 Å². The average Bonchev–Trinajstić information content (AvgIpc) is 2.61. The molecular formula is C18H21ClN4O2. The molecule has 1 amide bonds. The van der Waals surface area contributed by atoms with Crippen LogP contribution in [0.1, 0.15) is 23.2 Å². The first-order valence-electron chi connectivity index (χ1n) is 8.24. The first kappa shape index (κ1) is 17.5. The van der Waals surface area contributed by atoms with Crippen molar-refractivity contribution < 1.29 is 9.53 Å². The topological polar surface area (TPSA) is 58.6 Å². The van der Waals surface area contributed by atoms with E-state index < -0.39 is 0 Å². The van der Waals surface area contributed by atoms with E-state index in [2.05, 4.69) is 9.97 Å². The second kappa shape index (κ2) is 7.70. The number of carbonyl (C=O) groups excluding carboxylic acids is 1. The van der Waals surface area contributed by atoms with Crippen molar-refractivity contribution in [3.63, 3.8) is 0 Å². The summed E-state index contributed by atoms with van der Waals surface area (Å²) in [7, 11) is 3.79. The molecule has 0 N–H and O–H groups in total. The molecule has 3 rings (SSSR count). The van der Waals surface area contributed by atoms with Crippen LogP contribution in [0.2, 0.25) is 5.02 Å². The number of anilines is 1. The largest absolute Gasteiger partial charge is 0.470 e. The first-order chi connectivity index (χ1) is 12.0. The van der Waals surface area contributed by atoms with Crippen molar-refractivity contribution in [2.24, 2.45) is 0 Å². The van der Waals surface area contributed by atoms with Crippen LogP contribution < -0.4 is 9.64 Å². The number of hydrogen-bond acceptors (Lipinski definition) is 5. The van der Waals surface area contributed by atoms with Crippen LogP contribution in [-0.2, 0) is 0 Å². The molecule has 132 valence electrons. The summed E-state index contributed by atoms with van der Waals surface area (Å²) in [4.78, 5) is 25.0. The molecule has 1 aromatic heterocycles. The van der Waals surface area contributed by atoms with Gasteiger partial charge in [-0.15, -0.1) is 0 Å². The predicted octanol–water partition coefficient (Wildman–Crippen LogP) is 2.88. The SMILES string of the molecule is CN(C)c1nccnc1OC1CCCN(C(=O)c2cccc(Cl)c2)C1. The zero-order chi connectivity index (χ0) is 17.8. The molecule has 1 unspecified atom stereocenters. The molecule has 2 aromatic rings. The fourth-order valence-corrected chi connectivity index (χ4v) is 3.08. The fraction of sp³-hybridized carbons (Fsp3) is 0.389. The van der Waals surface area contributed by atoms with Gasteiger partial charge in [-0.3, -0.25) is 4.79 Å². The Morgan fingerprint density at radius 2 is 2.12 bits per heavy atom. The molecule has 1 atom stereocenters. The summed E-state index contributed by atoms with van der Waals surface area (Å²) >= 11 is 6.00. The summed E-state index contributed by atoms with van der Waals surface area (Å²) < 4.78 is 6.05. The highest BCUT2D eigenvalue weighted by atomic mass is 35.5. The van der Waals surface area contributed by atoms with Gasteiger partial charge in [0.1, 0.15) is 6.10 Å². The van der Waals surface area contributed by atoms with Crippen molar-refractivity contribution in [3.05, 3.63) is 47.2 Å². The molecule has 6 nitrogen and oxygen atoms in total. The summed E-state index contributed by atoms with van der Waals surface area (Å²) in [5.74, 6) is 1.15. The number of rotatable bonds is 4. The van der Waals surface area contributed by atoms with Crippen LogP contribution >= 0.6 is 11.6 Å². The van der Waals surface area contributed by atoms with E-state index in [4.69, 9.17) is 16.3 Å². The molecule has 1 aliphatic rings. The molecule has 7 heteroatoms. The molecule has 2 heterocycles. The maximum Gasteiger partial charge on any atom is 0.257 e. The Morgan fingerprint density at radius 3 is 2.88 bits per heavy atom. The minimum atomic E-state index is -0.104. The van der Waals surface area contributed by atoms with E-state index in [9.17, 15) is 4.79 Å². The van der Waals surface area contributed by atoms with Gasteiger partial charge in [-0.05, 0) is 31.0 Å².